The third kappa shape index (κ3) is 3.09. The number of hydrogen-bond donors (Lipinski definition) is 0. The summed E-state index contributed by atoms with van der Waals surface area (Å²) in [5, 5.41) is 0. The second kappa shape index (κ2) is 6.31. The van der Waals surface area contributed by atoms with E-state index in [1.807, 2.05) is 0 Å². The molecule has 2 saturated heterocycles. The Labute approximate surface area is 124 Å². The zero-order valence-corrected chi connectivity index (χ0v) is 12.8. The molecule has 0 bridgehead atoms. The molecular weight excluding hydrogens is 273 g/mol. The van der Waals surface area contributed by atoms with Gasteiger partial charge in [0.1, 0.15) is 11.6 Å². The molecule has 0 radical (unpaired) electrons. The van der Waals surface area contributed by atoms with Crippen LogP contribution in [-0.4, -0.2) is 53.1 Å². The van der Waals surface area contributed by atoms with E-state index in [1.165, 1.54) is 36.6 Å². The highest BCUT2D eigenvalue weighted by Gasteiger charge is 2.29. The van der Waals surface area contributed by atoms with Gasteiger partial charge in [-0.2, -0.15) is 11.8 Å². The average molecular weight is 295 g/mol. The van der Waals surface area contributed by atoms with Crippen LogP contribution in [0.1, 0.15) is 19.8 Å². The Morgan fingerprint density at radius 3 is 2.70 bits per heavy atom. The molecule has 20 heavy (non-hydrogen) atoms. The zero-order valence-electron chi connectivity index (χ0n) is 12.0. The van der Waals surface area contributed by atoms with Gasteiger partial charge in [-0.1, -0.05) is 0 Å². The summed E-state index contributed by atoms with van der Waals surface area (Å²) in [4.78, 5) is 9.16. The van der Waals surface area contributed by atoms with Gasteiger partial charge in [-0.25, -0.2) is 9.37 Å². The van der Waals surface area contributed by atoms with Crippen LogP contribution in [0.15, 0.2) is 18.3 Å². The fraction of sp³-hybridized carbons (Fsp3) is 0.667. The molecule has 1 unspecified atom stereocenters. The fourth-order valence-corrected chi connectivity index (χ4v) is 4.33. The zero-order chi connectivity index (χ0) is 13.9. The number of hydrogen-bond acceptors (Lipinski definition) is 4. The quantitative estimate of drug-likeness (QED) is 0.835. The summed E-state index contributed by atoms with van der Waals surface area (Å²) in [6.07, 6.45) is 3.96. The summed E-state index contributed by atoms with van der Waals surface area (Å²) in [6.45, 7) is 5.42. The smallest absolute Gasteiger partial charge is 0.141 e. The van der Waals surface area contributed by atoms with Gasteiger partial charge in [0.2, 0.25) is 0 Å². The van der Waals surface area contributed by atoms with Crippen LogP contribution in [0.25, 0.3) is 0 Å². The summed E-state index contributed by atoms with van der Waals surface area (Å²) in [5.41, 5.74) is 0. The van der Waals surface area contributed by atoms with E-state index in [1.54, 1.807) is 6.07 Å². The maximum absolute atomic E-state index is 13.0. The third-order valence-corrected chi connectivity index (χ3v) is 5.42. The van der Waals surface area contributed by atoms with Crippen LogP contribution in [0, 0.1) is 5.82 Å². The van der Waals surface area contributed by atoms with Gasteiger partial charge in [0.25, 0.3) is 0 Å². The molecular formula is C15H22FN3S. The largest absolute Gasteiger partial charge is 0.351 e. The standard InChI is InChI=1S/C15H22FN3S/c1-12-11-18(14-4-8-20-9-5-14)6-7-19(12)15-3-2-13(16)10-17-15/h2-3,10,12,14H,4-9,11H2,1H3. The lowest BCUT2D eigenvalue weighted by Crippen LogP contribution is -2.55. The molecule has 0 spiro atoms. The lowest BCUT2D eigenvalue weighted by molar-refractivity contribution is 0.155. The van der Waals surface area contributed by atoms with Crippen molar-refractivity contribution in [2.75, 3.05) is 36.0 Å². The molecule has 1 atom stereocenters. The predicted octanol–water partition coefficient (Wildman–Crippen LogP) is 2.63. The van der Waals surface area contributed by atoms with Gasteiger partial charge in [-0.05, 0) is 43.4 Å². The summed E-state index contributed by atoms with van der Waals surface area (Å²) in [6, 6.07) is 4.50. The average Bonchev–Trinajstić information content (AvgIpc) is 2.49. The normalized spacial score (nSPS) is 25.9. The first-order valence-corrected chi connectivity index (χ1v) is 8.59. The van der Waals surface area contributed by atoms with Crippen molar-refractivity contribution in [3.8, 4) is 0 Å². The monoisotopic (exact) mass is 295 g/mol. The minimum atomic E-state index is -0.264. The fourth-order valence-electron chi connectivity index (χ4n) is 3.25. The van der Waals surface area contributed by atoms with Crippen molar-refractivity contribution in [2.24, 2.45) is 0 Å². The Hall–Kier alpha value is -0.810. The number of halogens is 1. The molecule has 0 amide bonds. The molecule has 1 aromatic rings. The summed E-state index contributed by atoms with van der Waals surface area (Å²) in [5.74, 6) is 3.25. The molecule has 0 N–H and O–H groups in total. The maximum atomic E-state index is 13.0. The highest BCUT2D eigenvalue weighted by Crippen LogP contribution is 2.25. The van der Waals surface area contributed by atoms with Crippen LogP contribution in [-0.2, 0) is 0 Å². The van der Waals surface area contributed by atoms with E-state index in [0.717, 1.165) is 31.5 Å². The van der Waals surface area contributed by atoms with E-state index >= 15 is 0 Å². The molecule has 2 aliphatic heterocycles. The molecule has 1 aromatic heterocycles. The number of aromatic nitrogens is 1. The molecule has 0 aliphatic carbocycles. The van der Waals surface area contributed by atoms with E-state index in [-0.39, 0.29) is 5.82 Å². The molecule has 2 fully saturated rings. The number of nitrogens with zero attached hydrogens (tertiary/aromatic N) is 3. The number of anilines is 1. The number of thioether (sulfide) groups is 1. The SMILES string of the molecule is CC1CN(C2CCSCC2)CCN1c1ccc(F)cn1. The van der Waals surface area contributed by atoms with E-state index in [4.69, 9.17) is 0 Å². The second-order valence-corrected chi connectivity index (χ2v) is 6.94. The van der Waals surface area contributed by atoms with Crippen molar-refractivity contribution < 1.29 is 4.39 Å². The minimum absolute atomic E-state index is 0.264. The Bertz CT molecular complexity index is 433. The molecule has 3 nitrogen and oxygen atoms in total. The molecule has 2 aliphatic rings. The third-order valence-electron chi connectivity index (χ3n) is 4.37. The van der Waals surface area contributed by atoms with Crippen molar-refractivity contribution in [3.05, 3.63) is 24.1 Å². The number of piperazine rings is 1. The Kier molecular flexibility index (Phi) is 4.46. The molecule has 3 rings (SSSR count). The van der Waals surface area contributed by atoms with Crippen LogP contribution in [0.2, 0.25) is 0 Å². The summed E-state index contributed by atoms with van der Waals surface area (Å²) >= 11 is 2.08. The van der Waals surface area contributed by atoms with E-state index in [9.17, 15) is 4.39 Å². The van der Waals surface area contributed by atoms with Gasteiger partial charge in [0, 0.05) is 31.7 Å². The predicted molar refractivity (Wildman–Crippen MR) is 82.9 cm³/mol. The van der Waals surface area contributed by atoms with E-state index < -0.39 is 0 Å². The molecule has 5 heteroatoms. The van der Waals surface area contributed by atoms with Crippen LogP contribution >= 0.6 is 11.8 Å². The highest BCUT2D eigenvalue weighted by molar-refractivity contribution is 7.99. The summed E-state index contributed by atoms with van der Waals surface area (Å²) < 4.78 is 13.0. The van der Waals surface area contributed by atoms with Crippen LogP contribution in [0.3, 0.4) is 0 Å². The second-order valence-electron chi connectivity index (χ2n) is 5.72. The lowest BCUT2D eigenvalue weighted by atomic mass is 10.1. The van der Waals surface area contributed by atoms with Crippen molar-refractivity contribution in [1.29, 1.82) is 0 Å². The van der Waals surface area contributed by atoms with Gasteiger partial charge in [-0.3, -0.25) is 4.90 Å². The number of pyridine rings is 1. The Balaban J connectivity index is 1.63. The van der Waals surface area contributed by atoms with Gasteiger partial charge in [-0.15, -0.1) is 0 Å². The Morgan fingerprint density at radius 2 is 2.05 bits per heavy atom. The first kappa shape index (κ1) is 14.1. The Morgan fingerprint density at radius 1 is 1.25 bits per heavy atom. The highest BCUT2D eigenvalue weighted by atomic mass is 32.2. The van der Waals surface area contributed by atoms with Gasteiger partial charge >= 0.3 is 0 Å². The topological polar surface area (TPSA) is 19.4 Å². The molecule has 0 aromatic carbocycles. The van der Waals surface area contributed by atoms with Gasteiger partial charge in [0.05, 0.1) is 6.20 Å². The van der Waals surface area contributed by atoms with Gasteiger partial charge in [0.15, 0.2) is 0 Å². The molecule has 110 valence electrons. The number of rotatable bonds is 2. The van der Waals surface area contributed by atoms with E-state index in [0.29, 0.717) is 6.04 Å². The first-order valence-electron chi connectivity index (χ1n) is 7.44. The van der Waals surface area contributed by atoms with Gasteiger partial charge < -0.3 is 4.90 Å². The summed E-state index contributed by atoms with van der Waals surface area (Å²) in [7, 11) is 0. The van der Waals surface area contributed by atoms with Crippen LogP contribution in [0.5, 0.6) is 0 Å². The van der Waals surface area contributed by atoms with Crippen LogP contribution < -0.4 is 4.90 Å². The lowest BCUT2D eigenvalue weighted by Gasteiger charge is -2.44. The van der Waals surface area contributed by atoms with Crippen molar-refractivity contribution >= 4 is 17.6 Å². The van der Waals surface area contributed by atoms with Crippen molar-refractivity contribution in [3.63, 3.8) is 0 Å². The van der Waals surface area contributed by atoms with E-state index in [2.05, 4.69) is 33.5 Å². The minimum Gasteiger partial charge on any atom is -0.351 e. The molecule has 3 heterocycles. The van der Waals surface area contributed by atoms with Crippen molar-refractivity contribution in [2.45, 2.75) is 31.8 Å². The molecule has 0 saturated carbocycles. The van der Waals surface area contributed by atoms with Crippen LogP contribution in [0.4, 0.5) is 10.2 Å². The maximum Gasteiger partial charge on any atom is 0.141 e. The first-order chi connectivity index (χ1) is 9.74. The van der Waals surface area contributed by atoms with Crippen molar-refractivity contribution in [1.82, 2.24) is 9.88 Å².